The first kappa shape index (κ1) is 17.9. The van der Waals surface area contributed by atoms with Gasteiger partial charge in [-0.05, 0) is 31.4 Å². The molecule has 0 unspecified atom stereocenters. The number of rotatable bonds is 4. The zero-order valence-corrected chi connectivity index (χ0v) is 14.5. The molecule has 138 valence electrons. The molecule has 0 radical (unpaired) electrons. The van der Waals surface area contributed by atoms with Crippen molar-refractivity contribution < 1.29 is 23.9 Å². The van der Waals surface area contributed by atoms with Crippen LogP contribution in [0, 0.1) is 6.92 Å². The number of carbonyl (C=O) groups is 4. The second-order valence-corrected chi connectivity index (χ2v) is 6.64. The summed E-state index contributed by atoms with van der Waals surface area (Å²) in [5, 5.41) is 3.38. The molecule has 1 aromatic rings. The van der Waals surface area contributed by atoms with E-state index in [1.807, 2.05) is 0 Å². The van der Waals surface area contributed by atoms with Gasteiger partial charge in [-0.3, -0.25) is 15.0 Å². The minimum Gasteiger partial charge on any atom is -0.452 e. The lowest BCUT2D eigenvalue weighted by Gasteiger charge is -2.30. The van der Waals surface area contributed by atoms with Gasteiger partial charge in [0.15, 0.2) is 6.61 Å². The van der Waals surface area contributed by atoms with Crippen LogP contribution >= 0.6 is 0 Å². The van der Waals surface area contributed by atoms with Gasteiger partial charge in [-0.1, -0.05) is 37.5 Å². The van der Waals surface area contributed by atoms with Gasteiger partial charge in [-0.25, -0.2) is 9.59 Å². The number of amides is 4. The molecule has 1 spiro atoms. The average molecular weight is 359 g/mol. The standard InChI is InChI=1S/C18H21N3O5/c1-12-7-3-4-8-13(12)15(23)26-11-14(22)20-21-16(24)18(19-17(21)25)9-5-2-6-10-18/h3-4,7-8H,2,5-6,9-11H2,1H3,(H,19,25)(H,20,22). The maximum absolute atomic E-state index is 12.6. The van der Waals surface area contributed by atoms with Crippen molar-refractivity contribution in [1.82, 2.24) is 15.8 Å². The quantitative estimate of drug-likeness (QED) is 0.625. The van der Waals surface area contributed by atoms with E-state index in [0.717, 1.165) is 24.8 Å². The van der Waals surface area contributed by atoms with Crippen molar-refractivity contribution in [3.05, 3.63) is 35.4 Å². The topological polar surface area (TPSA) is 105 Å². The summed E-state index contributed by atoms with van der Waals surface area (Å²) in [6.07, 6.45) is 3.84. The summed E-state index contributed by atoms with van der Waals surface area (Å²) in [6, 6.07) is 6.18. The lowest BCUT2D eigenvalue weighted by atomic mass is 9.82. The number of nitrogens with one attached hydrogen (secondary N) is 2. The highest BCUT2D eigenvalue weighted by Crippen LogP contribution is 2.32. The van der Waals surface area contributed by atoms with Crippen LogP contribution < -0.4 is 10.7 Å². The number of hydrazine groups is 1. The zero-order valence-electron chi connectivity index (χ0n) is 14.5. The van der Waals surface area contributed by atoms with E-state index in [4.69, 9.17) is 4.74 Å². The number of carbonyl (C=O) groups excluding carboxylic acids is 4. The first-order chi connectivity index (χ1) is 12.4. The predicted octanol–water partition coefficient (Wildman–Crippen LogP) is 1.44. The molecule has 0 atom stereocenters. The van der Waals surface area contributed by atoms with E-state index in [9.17, 15) is 19.2 Å². The number of urea groups is 1. The summed E-state index contributed by atoms with van der Waals surface area (Å²) < 4.78 is 4.97. The Hall–Kier alpha value is -2.90. The Bertz CT molecular complexity index is 755. The van der Waals surface area contributed by atoms with Crippen molar-refractivity contribution >= 4 is 23.8 Å². The first-order valence-electron chi connectivity index (χ1n) is 8.62. The number of nitrogens with zero attached hydrogens (tertiary/aromatic N) is 1. The van der Waals surface area contributed by atoms with E-state index in [1.54, 1.807) is 31.2 Å². The van der Waals surface area contributed by atoms with Crippen LogP contribution in [0.3, 0.4) is 0 Å². The summed E-state index contributed by atoms with van der Waals surface area (Å²) in [4.78, 5) is 48.7. The minimum atomic E-state index is -0.916. The van der Waals surface area contributed by atoms with Gasteiger partial charge in [-0.15, -0.1) is 0 Å². The van der Waals surface area contributed by atoms with Crippen LogP contribution in [0.2, 0.25) is 0 Å². The van der Waals surface area contributed by atoms with Gasteiger partial charge in [0.2, 0.25) is 0 Å². The van der Waals surface area contributed by atoms with Crippen molar-refractivity contribution in [2.24, 2.45) is 0 Å². The second kappa shape index (κ2) is 7.15. The second-order valence-electron chi connectivity index (χ2n) is 6.64. The largest absolute Gasteiger partial charge is 0.452 e. The van der Waals surface area contributed by atoms with E-state index in [-0.39, 0.29) is 0 Å². The zero-order chi connectivity index (χ0) is 18.7. The SMILES string of the molecule is Cc1ccccc1C(=O)OCC(=O)NN1C(=O)NC2(CCCCC2)C1=O. The molecule has 4 amide bonds. The predicted molar refractivity (Wildman–Crippen MR) is 90.8 cm³/mol. The molecular weight excluding hydrogens is 338 g/mol. The molecule has 1 aliphatic carbocycles. The number of esters is 1. The molecule has 8 nitrogen and oxygen atoms in total. The molecule has 1 aliphatic heterocycles. The normalized spacial score (nSPS) is 18.6. The molecule has 8 heteroatoms. The lowest BCUT2D eigenvalue weighted by molar-refractivity contribution is -0.140. The smallest absolute Gasteiger partial charge is 0.344 e. The summed E-state index contributed by atoms with van der Waals surface area (Å²) >= 11 is 0. The molecule has 0 bridgehead atoms. The van der Waals surface area contributed by atoms with Gasteiger partial charge in [-0.2, -0.15) is 5.01 Å². The molecule has 2 aliphatic rings. The Kier molecular flexibility index (Phi) is 4.92. The van der Waals surface area contributed by atoms with E-state index in [2.05, 4.69) is 10.7 Å². The van der Waals surface area contributed by atoms with Crippen LogP contribution in [-0.4, -0.2) is 41.0 Å². The van der Waals surface area contributed by atoms with Crippen LogP contribution in [0.1, 0.15) is 48.0 Å². The third-order valence-corrected chi connectivity index (χ3v) is 4.80. The minimum absolute atomic E-state index is 0.358. The molecule has 1 heterocycles. The molecule has 1 saturated heterocycles. The van der Waals surface area contributed by atoms with Gasteiger partial charge in [0, 0.05) is 0 Å². The Morgan fingerprint density at radius 1 is 1.19 bits per heavy atom. The monoisotopic (exact) mass is 359 g/mol. The highest BCUT2D eigenvalue weighted by atomic mass is 16.5. The third-order valence-electron chi connectivity index (χ3n) is 4.80. The lowest BCUT2D eigenvalue weighted by Crippen LogP contribution is -2.51. The molecule has 1 saturated carbocycles. The van der Waals surface area contributed by atoms with E-state index >= 15 is 0 Å². The van der Waals surface area contributed by atoms with Crippen LogP contribution in [0.25, 0.3) is 0 Å². The van der Waals surface area contributed by atoms with Crippen molar-refractivity contribution in [3.63, 3.8) is 0 Å². The van der Waals surface area contributed by atoms with E-state index in [0.29, 0.717) is 23.4 Å². The van der Waals surface area contributed by atoms with Crippen molar-refractivity contribution in [2.75, 3.05) is 6.61 Å². The summed E-state index contributed by atoms with van der Waals surface area (Å²) in [5.41, 5.74) is 2.40. The number of hydrogen-bond donors (Lipinski definition) is 2. The highest BCUT2D eigenvalue weighted by molar-refractivity contribution is 6.08. The van der Waals surface area contributed by atoms with Gasteiger partial charge >= 0.3 is 12.0 Å². The third kappa shape index (κ3) is 3.40. The first-order valence-corrected chi connectivity index (χ1v) is 8.62. The van der Waals surface area contributed by atoms with Crippen LogP contribution in [0.4, 0.5) is 4.79 Å². The van der Waals surface area contributed by atoms with Crippen molar-refractivity contribution in [2.45, 2.75) is 44.6 Å². The molecule has 1 aromatic carbocycles. The van der Waals surface area contributed by atoms with Crippen LogP contribution in [-0.2, 0) is 14.3 Å². The number of hydrogen-bond acceptors (Lipinski definition) is 5. The Morgan fingerprint density at radius 2 is 1.88 bits per heavy atom. The van der Waals surface area contributed by atoms with Gasteiger partial charge < -0.3 is 10.1 Å². The summed E-state index contributed by atoms with van der Waals surface area (Å²) in [5.74, 6) is -1.84. The summed E-state index contributed by atoms with van der Waals surface area (Å²) in [6.45, 7) is 1.17. The fourth-order valence-corrected chi connectivity index (χ4v) is 3.38. The van der Waals surface area contributed by atoms with Crippen molar-refractivity contribution in [1.29, 1.82) is 0 Å². The molecule has 3 rings (SSSR count). The number of benzene rings is 1. The van der Waals surface area contributed by atoms with Gasteiger partial charge in [0.25, 0.3) is 11.8 Å². The highest BCUT2D eigenvalue weighted by Gasteiger charge is 2.52. The van der Waals surface area contributed by atoms with E-state index < -0.39 is 36.0 Å². The van der Waals surface area contributed by atoms with Gasteiger partial charge in [0.05, 0.1) is 5.56 Å². The molecule has 2 fully saturated rings. The number of imide groups is 1. The fourth-order valence-electron chi connectivity index (χ4n) is 3.38. The Labute approximate surface area is 150 Å². The fraction of sp³-hybridized carbons (Fsp3) is 0.444. The Balaban J connectivity index is 1.56. The molecule has 26 heavy (non-hydrogen) atoms. The maximum Gasteiger partial charge on any atom is 0.344 e. The van der Waals surface area contributed by atoms with Gasteiger partial charge in [0.1, 0.15) is 5.54 Å². The summed E-state index contributed by atoms with van der Waals surface area (Å²) in [7, 11) is 0. The molecule has 2 N–H and O–H groups in total. The van der Waals surface area contributed by atoms with Crippen molar-refractivity contribution in [3.8, 4) is 0 Å². The van der Waals surface area contributed by atoms with Crippen LogP contribution in [0.15, 0.2) is 24.3 Å². The Morgan fingerprint density at radius 3 is 2.58 bits per heavy atom. The maximum atomic E-state index is 12.6. The molecule has 0 aromatic heterocycles. The number of ether oxygens (including phenoxy) is 1. The van der Waals surface area contributed by atoms with Crippen LogP contribution in [0.5, 0.6) is 0 Å². The average Bonchev–Trinajstić information content (AvgIpc) is 2.85. The molecular formula is C18H21N3O5. The van der Waals surface area contributed by atoms with E-state index in [1.165, 1.54) is 0 Å². The number of aryl methyl sites for hydroxylation is 1.